The minimum atomic E-state index is 0.653. The second-order valence-corrected chi connectivity index (χ2v) is 5.22. The van der Waals surface area contributed by atoms with E-state index in [4.69, 9.17) is 0 Å². The first-order valence-corrected chi connectivity index (χ1v) is 6.71. The van der Waals surface area contributed by atoms with E-state index in [0.717, 1.165) is 13.0 Å². The summed E-state index contributed by atoms with van der Waals surface area (Å²) >= 11 is 0. The van der Waals surface area contributed by atoms with Crippen molar-refractivity contribution < 1.29 is 0 Å². The first-order valence-electron chi connectivity index (χ1n) is 6.71. The van der Waals surface area contributed by atoms with Crippen LogP contribution in [0, 0.1) is 0 Å². The summed E-state index contributed by atoms with van der Waals surface area (Å²) in [5.41, 5.74) is 2.93. The Morgan fingerprint density at radius 2 is 2.00 bits per heavy atom. The maximum atomic E-state index is 3.69. The summed E-state index contributed by atoms with van der Waals surface area (Å²) in [6.45, 7) is 6.72. The lowest BCUT2D eigenvalue weighted by Gasteiger charge is -2.14. The highest BCUT2D eigenvalue weighted by Crippen LogP contribution is 2.16. The summed E-state index contributed by atoms with van der Waals surface area (Å²) in [5, 5.41) is 3.69. The molecule has 1 saturated heterocycles. The molecule has 1 heterocycles. The molecule has 0 saturated carbocycles. The van der Waals surface area contributed by atoms with Crippen LogP contribution in [0.2, 0.25) is 0 Å². The van der Waals surface area contributed by atoms with Crippen LogP contribution in [0.3, 0.4) is 0 Å². The lowest BCUT2D eigenvalue weighted by molar-refractivity contribution is 0.326. The minimum absolute atomic E-state index is 0.653. The first-order chi connectivity index (χ1) is 8.20. The van der Waals surface area contributed by atoms with Gasteiger partial charge in [0.2, 0.25) is 0 Å². The molecule has 2 nitrogen and oxygen atoms in total. The van der Waals surface area contributed by atoms with E-state index in [9.17, 15) is 0 Å². The second-order valence-electron chi connectivity index (χ2n) is 5.22. The summed E-state index contributed by atoms with van der Waals surface area (Å²) < 4.78 is 0. The van der Waals surface area contributed by atoms with Crippen LogP contribution in [-0.4, -0.2) is 30.6 Å². The molecule has 94 valence electrons. The molecule has 1 fully saturated rings. The number of benzene rings is 1. The molecule has 0 radical (unpaired) electrons. The van der Waals surface area contributed by atoms with Crippen molar-refractivity contribution in [2.24, 2.45) is 0 Å². The summed E-state index contributed by atoms with van der Waals surface area (Å²) in [7, 11) is 2.21. The standard InChI is InChI=1S/C15H24N2/c1-4-13-7-5-6-8-14(13)10-16-15-9-12(2)17(3)11-15/h5-8,12,15-16H,4,9-11H2,1-3H3. The Morgan fingerprint density at radius 1 is 1.29 bits per heavy atom. The minimum Gasteiger partial charge on any atom is -0.309 e. The van der Waals surface area contributed by atoms with Gasteiger partial charge in [-0.2, -0.15) is 0 Å². The van der Waals surface area contributed by atoms with Crippen molar-refractivity contribution in [2.75, 3.05) is 13.6 Å². The van der Waals surface area contributed by atoms with E-state index in [-0.39, 0.29) is 0 Å². The molecule has 1 aromatic rings. The smallest absolute Gasteiger partial charge is 0.0212 e. The molecule has 0 aromatic heterocycles. The maximum Gasteiger partial charge on any atom is 0.0212 e. The van der Waals surface area contributed by atoms with Crippen molar-refractivity contribution in [3.8, 4) is 0 Å². The largest absolute Gasteiger partial charge is 0.309 e. The van der Waals surface area contributed by atoms with Gasteiger partial charge in [-0.1, -0.05) is 31.2 Å². The molecular weight excluding hydrogens is 208 g/mol. The van der Waals surface area contributed by atoms with E-state index in [1.807, 2.05) is 0 Å². The fourth-order valence-corrected chi connectivity index (χ4v) is 2.67. The average molecular weight is 232 g/mol. The Kier molecular flexibility index (Phi) is 4.19. The fourth-order valence-electron chi connectivity index (χ4n) is 2.67. The van der Waals surface area contributed by atoms with Gasteiger partial charge in [-0.25, -0.2) is 0 Å². The van der Waals surface area contributed by atoms with Gasteiger partial charge in [0.05, 0.1) is 0 Å². The van der Waals surface area contributed by atoms with Gasteiger partial charge in [-0.15, -0.1) is 0 Å². The van der Waals surface area contributed by atoms with Crippen LogP contribution in [-0.2, 0) is 13.0 Å². The number of likely N-dealkylation sites (tertiary alicyclic amines) is 1. The predicted octanol–water partition coefficient (Wildman–Crippen LogP) is 2.43. The number of hydrogen-bond donors (Lipinski definition) is 1. The van der Waals surface area contributed by atoms with E-state index in [2.05, 4.69) is 55.4 Å². The van der Waals surface area contributed by atoms with Crippen LogP contribution < -0.4 is 5.32 Å². The molecule has 2 atom stereocenters. The van der Waals surface area contributed by atoms with Gasteiger partial charge in [-0.05, 0) is 37.9 Å². The van der Waals surface area contributed by atoms with E-state index in [1.54, 1.807) is 0 Å². The number of aryl methyl sites for hydroxylation is 1. The van der Waals surface area contributed by atoms with E-state index in [1.165, 1.54) is 24.1 Å². The van der Waals surface area contributed by atoms with Gasteiger partial charge in [0, 0.05) is 25.2 Å². The highest BCUT2D eigenvalue weighted by molar-refractivity contribution is 5.26. The van der Waals surface area contributed by atoms with Crippen molar-refractivity contribution in [1.29, 1.82) is 0 Å². The molecule has 0 spiro atoms. The second kappa shape index (κ2) is 5.65. The Balaban J connectivity index is 1.90. The molecule has 2 heteroatoms. The zero-order valence-electron chi connectivity index (χ0n) is 11.2. The van der Waals surface area contributed by atoms with Crippen LogP contribution in [0.15, 0.2) is 24.3 Å². The van der Waals surface area contributed by atoms with Gasteiger partial charge >= 0.3 is 0 Å². The molecule has 1 aliphatic heterocycles. The highest BCUT2D eigenvalue weighted by atomic mass is 15.2. The van der Waals surface area contributed by atoms with Crippen molar-refractivity contribution >= 4 is 0 Å². The quantitative estimate of drug-likeness (QED) is 0.857. The van der Waals surface area contributed by atoms with Crippen LogP contribution in [0.4, 0.5) is 0 Å². The zero-order valence-corrected chi connectivity index (χ0v) is 11.2. The van der Waals surface area contributed by atoms with Crippen molar-refractivity contribution in [2.45, 2.75) is 45.3 Å². The lowest BCUT2D eigenvalue weighted by Crippen LogP contribution is -2.31. The third-order valence-corrected chi connectivity index (χ3v) is 3.97. The molecule has 2 unspecified atom stereocenters. The third-order valence-electron chi connectivity index (χ3n) is 3.97. The summed E-state index contributed by atoms with van der Waals surface area (Å²) in [6.07, 6.45) is 2.39. The van der Waals surface area contributed by atoms with Gasteiger partial charge < -0.3 is 10.2 Å². The molecular formula is C15H24N2. The third kappa shape index (κ3) is 3.08. The van der Waals surface area contributed by atoms with Crippen LogP contribution in [0.25, 0.3) is 0 Å². The van der Waals surface area contributed by atoms with Gasteiger partial charge in [0.15, 0.2) is 0 Å². The summed E-state index contributed by atoms with van der Waals surface area (Å²) in [5.74, 6) is 0. The molecule has 2 rings (SSSR count). The Hall–Kier alpha value is -0.860. The highest BCUT2D eigenvalue weighted by Gasteiger charge is 2.25. The number of likely N-dealkylation sites (N-methyl/N-ethyl adjacent to an activating group) is 1. The molecule has 1 N–H and O–H groups in total. The molecule has 0 bridgehead atoms. The van der Waals surface area contributed by atoms with Gasteiger partial charge in [-0.3, -0.25) is 0 Å². The molecule has 0 amide bonds. The van der Waals surface area contributed by atoms with E-state index in [0.29, 0.717) is 12.1 Å². The lowest BCUT2D eigenvalue weighted by atomic mass is 10.0. The SMILES string of the molecule is CCc1ccccc1CNC1CC(C)N(C)C1. The van der Waals surface area contributed by atoms with Gasteiger partial charge in [0.25, 0.3) is 0 Å². The Morgan fingerprint density at radius 3 is 2.59 bits per heavy atom. The van der Waals surface area contributed by atoms with E-state index < -0.39 is 0 Å². The van der Waals surface area contributed by atoms with Crippen molar-refractivity contribution in [3.63, 3.8) is 0 Å². The van der Waals surface area contributed by atoms with Crippen LogP contribution >= 0.6 is 0 Å². The molecule has 0 aliphatic carbocycles. The van der Waals surface area contributed by atoms with E-state index >= 15 is 0 Å². The van der Waals surface area contributed by atoms with Crippen molar-refractivity contribution in [3.05, 3.63) is 35.4 Å². The number of nitrogens with one attached hydrogen (secondary N) is 1. The Bertz CT molecular complexity index is 352. The van der Waals surface area contributed by atoms with Crippen molar-refractivity contribution in [1.82, 2.24) is 10.2 Å². The Labute approximate surface area is 105 Å². The van der Waals surface area contributed by atoms with Gasteiger partial charge in [0.1, 0.15) is 0 Å². The monoisotopic (exact) mass is 232 g/mol. The summed E-state index contributed by atoms with van der Waals surface area (Å²) in [4.78, 5) is 2.43. The van der Waals surface area contributed by atoms with Crippen LogP contribution in [0.5, 0.6) is 0 Å². The maximum absolute atomic E-state index is 3.69. The fraction of sp³-hybridized carbons (Fsp3) is 0.600. The molecule has 17 heavy (non-hydrogen) atoms. The number of nitrogens with zero attached hydrogens (tertiary/aromatic N) is 1. The number of rotatable bonds is 4. The number of hydrogen-bond acceptors (Lipinski definition) is 2. The predicted molar refractivity (Wildman–Crippen MR) is 73.2 cm³/mol. The summed E-state index contributed by atoms with van der Waals surface area (Å²) in [6, 6.07) is 10.1. The first kappa shape index (κ1) is 12.6. The molecule has 1 aromatic carbocycles. The van der Waals surface area contributed by atoms with Crippen LogP contribution in [0.1, 0.15) is 31.4 Å². The molecule has 1 aliphatic rings. The topological polar surface area (TPSA) is 15.3 Å². The zero-order chi connectivity index (χ0) is 12.3. The average Bonchev–Trinajstić information content (AvgIpc) is 2.66. The normalized spacial score (nSPS) is 25.4.